The number of rotatable bonds is 31. The van der Waals surface area contributed by atoms with E-state index in [4.69, 9.17) is 9.05 Å². The summed E-state index contributed by atoms with van der Waals surface area (Å²) in [6, 6.07) is -0.894. The third kappa shape index (κ3) is 33.9. The first-order chi connectivity index (χ1) is 23.5. The smallest absolute Gasteiger partial charge is 0.387 e. The average Bonchev–Trinajstić information content (AvgIpc) is 3.04. The van der Waals surface area contributed by atoms with Crippen LogP contribution in [0.3, 0.4) is 0 Å². The lowest BCUT2D eigenvalue weighted by Crippen LogP contribution is -2.45. The molecule has 0 aromatic heterocycles. The van der Waals surface area contributed by atoms with E-state index in [1.807, 2.05) is 27.2 Å². The van der Waals surface area contributed by atoms with E-state index in [-0.39, 0.29) is 25.5 Å². The van der Waals surface area contributed by atoms with Crippen LogP contribution in [-0.2, 0) is 18.4 Å². The molecule has 3 atom stereocenters. The maximum atomic E-state index is 12.7. The molecule has 0 saturated carbocycles. The Labute approximate surface area is 299 Å². The fourth-order valence-corrected chi connectivity index (χ4v) is 5.12. The molecule has 0 aliphatic rings. The number of allylic oxidation sites excluding steroid dienone is 13. The summed E-state index contributed by atoms with van der Waals surface area (Å²) >= 11 is 0. The van der Waals surface area contributed by atoms with Gasteiger partial charge in [-0.3, -0.25) is 13.8 Å². The van der Waals surface area contributed by atoms with E-state index in [1.54, 1.807) is 6.08 Å². The number of hydrogen-bond donors (Lipinski definition) is 3. The Morgan fingerprint density at radius 1 is 0.714 bits per heavy atom. The fourth-order valence-electron chi connectivity index (χ4n) is 4.38. The van der Waals surface area contributed by atoms with Crippen LogP contribution in [0.25, 0.3) is 0 Å². The van der Waals surface area contributed by atoms with Crippen LogP contribution >= 0.6 is 7.82 Å². The van der Waals surface area contributed by atoms with E-state index in [0.29, 0.717) is 17.4 Å². The standard InChI is InChI=1S/C40H69N2O6P/c1-6-8-10-12-14-16-18-19-20-21-22-23-24-26-28-30-32-34-40(44)41-38(37-48-49(45,46)47-36-35-42(3,4)5)39(43)33-31-29-27-25-17-15-13-11-9-7-2/h8,10,14,16-17,19-20,22-23,25-26,28,31,33,38-39,43H,6-7,9,11-13,15,18,21,24,27,29-30,32,34-37H2,1-5H3,(H-,41,44,45,46)/p+1/b10-8-,16-14-,20-19-,23-22-,25-17+,28-26-,33-31+. The summed E-state index contributed by atoms with van der Waals surface area (Å²) in [5.74, 6) is -0.252. The second-order valence-corrected chi connectivity index (χ2v) is 14.7. The number of phosphoric acid groups is 1. The van der Waals surface area contributed by atoms with Crippen molar-refractivity contribution in [3.63, 3.8) is 0 Å². The molecule has 49 heavy (non-hydrogen) atoms. The lowest BCUT2D eigenvalue weighted by atomic mass is 10.1. The number of nitrogens with one attached hydrogen (secondary N) is 1. The van der Waals surface area contributed by atoms with E-state index in [0.717, 1.165) is 57.8 Å². The third-order valence-corrected chi connectivity index (χ3v) is 8.33. The topological polar surface area (TPSA) is 105 Å². The zero-order valence-electron chi connectivity index (χ0n) is 31.4. The van der Waals surface area contributed by atoms with Gasteiger partial charge in [0.1, 0.15) is 13.2 Å². The fraction of sp³-hybridized carbons (Fsp3) is 0.625. The van der Waals surface area contributed by atoms with Crippen molar-refractivity contribution in [1.29, 1.82) is 0 Å². The summed E-state index contributed by atoms with van der Waals surface area (Å²) in [6.07, 6.45) is 42.4. The predicted octanol–water partition coefficient (Wildman–Crippen LogP) is 9.46. The Morgan fingerprint density at radius 2 is 1.24 bits per heavy atom. The summed E-state index contributed by atoms with van der Waals surface area (Å²) in [7, 11) is 1.50. The molecule has 1 amide bonds. The van der Waals surface area contributed by atoms with Gasteiger partial charge in [0, 0.05) is 6.42 Å². The van der Waals surface area contributed by atoms with Crippen molar-refractivity contribution in [3.8, 4) is 0 Å². The Kier molecular flexibility index (Phi) is 30.1. The number of amides is 1. The molecule has 0 fully saturated rings. The van der Waals surface area contributed by atoms with Gasteiger partial charge in [0.05, 0.1) is 39.9 Å². The van der Waals surface area contributed by atoms with Crippen LogP contribution in [0.1, 0.15) is 110 Å². The average molecular weight is 706 g/mol. The highest BCUT2D eigenvalue weighted by molar-refractivity contribution is 7.47. The Hall–Kier alpha value is -2.32. The monoisotopic (exact) mass is 705 g/mol. The summed E-state index contributed by atoms with van der Waals surface area (Å²) < 4.78 is 23.3. The maximum Gasteiger partial charge on any atom is 0.472 e. The van der Waals surface area contributed by atoms with Gasteiger partial charge in [0.15, 0.2) is 0 Å². The molecular weight excluding hydrogens is 635 g/mol. The number of aliphatic hydroxyl groups excluding tert-OH is 1. The number of carbonyl (C=O) groups is 1. The van der Waals surface area contributed by atoms with Gasteiger partial charge in [0.25, 0.3) is 0 Å². The van der Waals surface area contributed by atoms with Crippen molar-refractivity contribution < 1.29 is 32.9 Å². The Morgan fingerprint density at radius 3 is 1.84 bits per heavy atom. The highest BCUT2D eigenvalue weighted by atomic mass is 31.2. The first-order valence-electron chi connectivity index (χ1n) is 18.5. The number of phosphoric ester groups is 1. The van der Waals surface area contributed by atoms with Crippen LogP contribution in [0.5, 0.6) is 0 Å². The van der Waals surface area contributed by atoms with Gasteiger partial charge in [-0.1, -0.05) is 118 Å². The van der Waals surface area contributed by atoms with Gasteiger partial charge in [-0.05, 0) is 70.6 Å². The van der Waals surface area contributed by atoms with Gasteiger partial charge in [-0.15, -0.1) is 0 Å². The molecule has 9 heteroatoms. The first-order valence-corrected chi connectivity index (χ1v) is 20.0. The minimum absolute atomic E-state index is 0.0404. The molecular formula is C40H70N2O6P+. The number of likely N-dealkylation sites (N-methyl/N-ethyl adjacent to an activating group) is 1. The number of hydrogen-bond acceptors (Lipinski definition) is 5. The molecule has 0 aliphatic carbocycles. The highest BCUT2D eigenvalue weighted by Gasteiger charge is 2.27. The zero-order valence-corrected chi connectivity index (χ0v) is 32.3. The molecule has 3 N–H and O–H groups in total. The van der Waals surface area contributed by atoms with Crippen molar-refractivity contribution >= 4 is 13.7 Å². The SMILES string of the molecule is CC/C=C\C/C=C\C/C=C\C/C=C\C/C=C\CCCC(=O)NC(COP(=O)(O)OCC[N+](C)(C)C)C(O)/C=C/CC/C=C/CCCCCC. The molecule has 0 aromatic carbocycles. The Bertz CT molecular complexity index is 1070. The van der Waals surface area contributed by atoms with Crippen molar-refractivity contribution in [2.75, 3.05) is 40.9 Å². The van der Waals surface area contributed by atoms with Crippen LogP contribution in [0.15, 0.2) is 85.1 Å². The molecule has 0 rings (SSSR count). The predicted molar refractivity (Wildman–Crippen MR) is 207 cm³/mol. The van der Waals surface area contributed by atoms with Gasteiger partial charge in [-0.2, -0.15) is 0 Å². The second-order valence-electron chi connectivity index (χ2n) is 13.2. The quantitative estimate of drug-likeness (QED) is 0.0287. The van der Waals surface area contributed by atoms with Gasteiger partial charge in [0.2, 0.25) is 5.91 Å². The molecule has 0 radical (unpaired) electrons. The lowest BCUT2D eigenvalue weighted by Gasteiger charge is -2.25. The van der Waals surface area contributed by atoms with Crippen molar-refractivity contribution in [3.05, 3.63) is 85.1 Å². The van der Waals surface area contributed by atoms with E-state index in [9.17, 15) is 19.4 Å². The minimum atomic E-state index is -4.35. The molecule has 0 heterocycles. The third-order valence-electron chi connectivity index (χ3n) is 7.35. The van der Waals surface area contributed by atoms with E-state index in [2.05, 4.69) is 92.1 Å². The lowest BCUT2D eigenvalue weighted by molar-refractivity contribution is -0.870. The Balaban J connectivity index is 4.69. The summed E-state index contributed by atoms with van der Waals surface area (Å²) in [5.41, 5.74) is 0. The number of aliphatic hydroxyl groups is 1. The molecule has 280 valence electrons. The molecule has 8 nitrogen and oxygen atoms in total. The van der Waals surface area contributed by atoms with Crippen molar-refractivity contribution in [2.45, 2.75) is 122 Å². The van der Waals surface area contributed by atoms with Gasteiger partial charge < -0.3 is 19.8 Å². The first kappa shape index (κ1) is 46.7. The zero-order chi connectivity index (χ0) is 36.5. The number of nitrogens with zero attached hydrogens (tertiary/aromatic N) is 1. The molecule has 0 saturated heterocycles. The van der Waals surface area contributed by atoms with E-state index in [1.165, 1.54) is 25.7 Å². The van der Waals surface area contributed by atoms with E-state index < -0.39 is 20.0 Å². The minimum Gasteiger partial charge on any atom is -0.387 e. The van der Waals surface area contributed by atoms with Gasteiger partial charge >= 0.3 is 7.82 Å². The highest BCUT2D eigenvalue weighted by Crippen LogP contribution is 2.43. The summed E-state index contributed by atoms with van der Waals surface area (Å²) in [6.45, 7) is 4.54. The summed E-state index contributed by atoms with van der Waals surface area (Å²) in [4.78, 5) is 22.9. The van der Waals surface area contributed by atoms with Crippen LogP contribution in [-0.4, -0.2) is 73.4 Å². The van der Waals surface area contributed by atoms with Crippen molar-refractivity contribution in [1.82, 2.24) is 5.32 Å². The van der Waals surface area contributed by atoms with Crippen LogP contribution < -0.4 is 5.32 Å². The van der Waals surface area contributed by atoms with Crippen LogP contribution in [0.2, 0.25) is 0 Å². The van der Waals surface area contributed by atoms with Gasteiger partial charge in [-0.25, -0.2) is 4.57 Å². The molecule has 3 unspecified atom stereocenters. The van der Waals surface area contributed by atoms with Crippen molar-refractivity contribution in [2.24, 2.45) is 0 Å². The molecule has 0 aromatic rings. The number of carbonyl (C=O) groups excluding carboxylic acids is 1. The number of unbranched alkanes of at least 4 members (excludes halogenated alkanes) is 6. The second kappa shape index (κ2) is 31.6. The van der Waals surface area contributed by atoms with E-state index >= 15 is 0 Å². The molecule has 0 spiro atoms. The maximum absolute atomic E-state index is 12.7. The number of quaternary nitrogens is 1. The molecule has 0 bridgehead atoms. The summed E-state index contributed by atoms with van der Waals surface area (Å²) in [5, 5.41) is 13.6. The molecule has 0 aliphatic heterocycles. The van der Waals surface area contributed by atoms with Crippen LogP contribution in [0, 0.1) is 0 Å². The van der Waals surface area contributed by atoms with Crippen LogP contribution in [0.4, 0.5) is 0 Å². The normalized spacial score (nSPS) is 15.7. The largest absolute Gasteiger partial charge is 0.472 e.